The van der Waals surface area contributed by atoms with Crippen LogP contribution in [0.1, 0.15) is 22.9 Å². The molecule has 0 aromatic heterocycles. The predicted octanol–water partition coefficient (Wildman–Crippen LogP) is 1.86. The molecule has 3 nitrogen and oxygen atoms in total. The van der Waals surface area contributed by atoms with E-state index in [2.05, 4.69) is 0 Å². The summed E-state index contributed by atoms with van der Waals surface area (Å²) in [5.74, 6) is 0.863. The van der Waals surface area contributed by atoms with Gasteiger partial charge in [0.2, 0.25) is 0 Å². The summed E-state index contributed by atoms with van der Waals surface area (Å²) in [4.78, 5) is 1.77. The third-order valence-electron chi connectivity index (χ3n) is 2.77. The van der Waals surface area contributed by atoms with Crippen molar-refractivity contribution in [1.29, 1.82) is 0 Å². The van der Waals surface area contributed by atoms with Crippen LogP contribution in [0.3, 0.4) is 0 Å². The molecule has 0 aliphatic heterocycles. The highest BCUT2D eigenvalue weighted by atomic mass is 16.5. The van der Waals surface area contributed by atoms with Crippen LogP contribution in [0.15, 0.2) is 12.1 Å². The lowest BCUT2D eigenvalue weighted by molar-refractivity contribution is 0.0389. The highest BCUT2D eigenvalue weighted by molar-refractivity contribution is 5.44. The molecule has 0 heterocycles. The third-order valence-corrected chi connectivity index (χ3v) is 2.77. The summed E-state index contributed by atoms with van der Waals surface area (Å²) >= 11 is 0. The Hall–Kier alpha value is -1.06. The maximum Gasteiger partial charge on any atom is 0.133 e. The molecule has 1 unspecified atom stereocenters. The van der Waals surface area contributed by atoms with E-state index in [0.717, 1.165) is 22.4 Å². The van der Waals surface area contributed by atoms with Crippen LogP contribution < -0.4 is 4.74 Å². The van der Waals surface area contributed by atoms with Gasteiger partial charge in [0.1, 0.15) is 12.0 Å². The minimum atomic E-state index is -0.561. The fraction of sp³-hybridized carbons (Fsp3) is 0.500. The largest absolute Gasteiger partial charge is 0.496 e. The van der Waals surface area contributed by atoms with Gasteiger partial charge in [-0.15, -0.1) is 0 Å². The smallest absolute Gasteiger partial charge is 0.133 e. The second-order valence-corrected chi connectivity index (χ2v) is 3.94. The molecular formula is C12H19NO2. The molecule has 0 fully saturated rings. The molecule has 0 saturated heterocycles. The summed E-state index contributed by atoms with van der Waals surface area (Å²) in [6, 6.07) is 3.80. The Morgan fingerprint density at radius 3 is 2.27 bits per heavy atom. The van der Waals surface area contributed by atoms with Gasteiger partial charge in [-0.3, -0.25) is 4.90 Å². The van der Waals surface area contributed by atoms with E-state index in [-0.39, 0.29) is 0 Å². The van der Waals surface area contributed by atoms with Gasteiger partial charge in [-0.2, -0.15) is 0 Å². The second-order valence-electron chi connectivity index (χ2n) is 3.94. The molecule has 0 amide bonds. The summed E-state index contributed by atoms with van der Waals surface area (Å²) in [6.45, 7) is 4.00. The molecule has 0 aliphatic rings. The highest BCUT2D eigenvalue weighted by Crippen LogP contribution is 2.28. The number of aliphatic hydroxyl groups is 1. The van der Waals surface area contributed by atoms with Crippen LogP contribution in [0.2, 0.25) is 0 Å². The van der Waals surface area contributed by atoms with Crippen molar-refractivity contribution in [3.05, 3.63) is 28.8 Å². The Kier molecular flexibility index (Phi) is 3.72. The van der Waals surface area contributed by atoms with E-state index in [1.54, 1.807) is 12.0 Å². The zero-order chi connectivity index (χ0) is 11.6. The first kappa shape index (κ1) is 12.0. The van der Waals surface area contributed by atoms with Gasteiger partial charge in [-0.05, 0) is 50.7 Å². The van der Waals surface area contributed by atoms with Gasteiger partial charge >= 0.3 is 0 Å². The summed E-state index contributed by atoms with van der Waals surface area (Å²) in [5.41, 5.74) is 3.09. The molecular weight excluding hydrogens is 190 g/mol. The number of ether oxygens (including phenoxy) is 1. The van der Waals surface area contributed by atoms with Gasteiger partial charge in [-0.1, -0.05) is 6.07 Å². The lowest BCUT2D eigenvalue weighted by Gasteiger charge is -2.22. The Morgan fingerprint density at radius 1 is 1.20 bits per heavy atom. The zero-order valence-corrected chi connectivity index (χ0v) is 10.0. The van der Waals surface area contributed by atoms with Crippen LogP contribution in [-0.4, -0.2) is 31.2 Å². The fourth-order valence-corrected chi connectivity index (χ4v) is 1.60. The molecule has 1 aromatic carbocycles. The molecule has 1 rings (SSSR count). The van der Waals surface area contributed by atoms with Crippen LogP contribution in [0.25, 0.3) is 0 Å². The van der Waals surface area contributed by atoms with Crippen LogP contribution in [0.4, 0.5) is 0 Å². The molecule has 1 N–H and O–H groups in total. The molecule has 0 aliphatic carbocycles. The van der Waals surface area contributed by atoms with E-state index in [1.807, 2.05) is 40.1 Å². The van der Waals surface area contributed by atoms with Crippen LogP contribution in [0, 0.1) is 13.8 Å². The summed E-state index contributed by atoms with van der Waals surface area (Å²) in [5, 5.41) is 9.95. The number of rotatable bonds is 3. The average molecular weight is 209 g/mol. The number of methoxy groups -OCH3 is 1. The minimum absolute atomic E-state index is 0.561. The maximum absolute atomic E-state index is 9.95. The highest BCUT2D eigenvalue weighted by Gasteiger charge is 2.15. The van der Waals surface area contributed by atoms with Crippen LogP contribution in [0.5, 0.6) is 5.75 Å². The van der Waals surface area contributed by atoms with Crippen molar-refractivity contribution in [1.82, 2.24) is 4.90 Å². The summed E-state index contributed by atoms with van der Waals surface area (Å²) < 4.78 is 5.23. The topological polar surface area (TPSA) is 32.7 Å². The first-order valence-corrected chi connectivity index (χ1v) is 4.97. The number of benzene rings is 1. The molecule has 1 aromatic rings. The summed E-state index contributed by atoms with van der Waals surface area (Å²) in [7, 11) is 5.36. The summed E-state index contributed by atoms with van der Waals surface area (Å²) in [6.07, 6.45) is -0.561. The van der Waals surface area contributed by atoms with Crippen molar-refractivity contribution in [2.75, 3.05) is 21.2 Å². The van der Waals surface area contributed by atoms with Crippen molar-refractivity contribution >= 4 is 0 Å². The predicted molar refractivity (Wildman–Crippen MR) is 61.1 cm³/mol. The van der Waals surface area contributed by atoms with Crippen molar-refractivity contribution < 1.29 is 9.84 Å². The number of hydrogen-bond donors (Lipinski definition) is 1. The number of nitrogens with zero attached hydrogens (tertiary/aromatic N) is 1. The van der Waals surface area contributed by atoms with Crippen molar-refractivity contribution in [3.63, 3.8) is 0 Å². The van der Waals surface area contributed by atoms with Gasteiger partial charge in [0.15, 0.2) is 0 Å². The van der Waals surface area contributed by atoms with Crippen LogP contribution >= 0.6 is 0 Å². The SMILES string of the molecule is COc1ccc(C(O)N(C)C)c(C)c1C. The van der Waals surface area contributed by atoms with Crippen molar-refractivity contribution in [2.45, 2.75) is 20.1 Å². The molecule has 1 atom stereocenters. The quantitative estimate of drug-likeness (QED) is 0.771. The third kappa shape index (κ3) is 2.30. The maximum atomic E-state index is 9.95. The minimum Gasteiger partial charge on any atom is -0.496 e. The standard InChI is InChI=1S/C12H19NO2/c1-8-9(2)11(15-5)7-6-10(8)12(14)13(3)4/h6-7,12,14H,1-5H3. The van der Waals surface area contributed by atoms with E-state index in [4.69, 9.17) is 4.74 Å². The Morgan fingerprint density at radius 2 is 1.80 bits per heavy atom. The molecule has 0 radical (unpaired) electrons. The molecule has 0 spiro atoms. The first-order valence-electron chi connectivity index (χ1n) is 4.97. The van der Waals surface area contributed by atoms with E-state index in [9.17, 15) is 5.11 Å². The van der Waals surface area contributed by atoms with E-state index in [1.165, 1.54) is 0 Å². The molecule has 0 saturated carbocycles. The van der Waals surface area contributed by atoms with E-state index >= 15 is 0 Å². The number of aliphatic hydroxyl groups excluding tert-OH is 1. The van der Waals surface area contributed by atoms with Crippen molar-refractivity contribution in [3.8, 4) is 5.75 Å². The Bertz CT molecular complexity index is 348. The fourth-order valence-electron chi connectivity index (χ4n) is 1.60. The molecule has 0 bridgehead atoms. The van der Waals surface area contributed by atoms with Gasteiger partial charge in [0.25, 0.3) is 0 Å². The zero-order valence-electron chi connectivity index (χ0n) is 10.0. The van der Waals surface area contributed by atoms with Gasteiger partial charge in [-0.25, -0.2) is 0 Å². The Labute approximate surface area is 91.3 Å². The second kappa shape index (κ2) is 4.64. The van der Waals surface area contributed by atoms with Gasteiger partial charge < -0.3 is 9.84 Å². The molecule has 84 valence electrons. The van der Waals surface area contributed by atoms with Gasteiger partial charge in [0, 0.05) is 0 Å². The monoisotopic (exact) mass is 209 g/mol. The average Bonchev–Trinajstić information content (AvgIpc) is 2.21. The lowest BCUT2D eigenvalue weighted by atomic mass is 10.0. The van der Waals surface area contributed by atoms with Crippen molar-refractivity contribution in [2.24, 2.45) is 0 Å². The number of hydrogen-bond acceptors (Lipinski definition) is 3. The van der Waals surface area contributed by atoms with E-state index < -0.39 is 6.23 Å². The normalized spacial score (nSPS) is 13.0. The Balaban J connectivity index is 3.17. The molecule has 3 heteroatoms. The molecule has 15 heavy (non-hydrogen) atoms. The first-order chi connectivity index (χ1) is 6.99. The van der Waals surface area contributed by atoms with E-state index in [0.29, 0.717) is 0 Å². The lowest BCUT2D eigenvalue weighted by Crippen LogP contribution is -2.20. The van der Waals surface area contributed by atoms with Crippen LogP contribution in [-0.2, 0) is 0 Å². The van der Waals surface area contributed by atoms with Gasteiger partial charge in [0.05, 0.1) is 7.11 Å².